The van der Waals surface area contributed by atoms with Gasteiger partial charge in [0.1, 0.15) is 0 Å². The van der Waals surface area contributed by atoms with Gasteiger partial charge in [0, 0.05) is 17.2 Å². The minimum Gasteiger partial charge on any atom is -0.380 e. The van der Waals surface area contributed by atoms with Gasteiger partial charge in [0.2, 0.25) is 5.16 Å². The average molecular weight is 267 g/mol. The predicted octanol–water partition coefficient (Wildman–Crippen LogP) is 2.87. The Morgan fingerprint density at radius 3 is 2.82 bits per heavy atom. The molecule has 0 atom stereocenters. The molecule has 5 nitrogen and oxygen atoms in total. The van der Waals surface area contributed by atoms with Crippen molar-refractivity contribution in [2.75, 3.05) is 11.6 Å². The van der Waals surface area contributed by atoms with Gasteiger partial charge < -0.3 is 4.74 Å². The Kier molecular flexibility index (Phi) is 3.94. The summed E-state index contributed by atoms with van der Waals surface area (Å²) >= 11 is 2.45. The van der Waals surface area contributed by atoms with Gasteiger partial charge in [-0.2, -0.15) is 9.36 Å². The average Bonchev–Trinajstić information content (AvgIpc) is 2.78. The SMILES string of the molecule is CSc1nsc(OC(=O)Nc2ccccc2)n1. The number of nitrogens with zero attached hydrogens (tertiary/aromatic N) is 2. The fourth-order valence-electron chi connectivity index (χ4n) is 1.07. The molecule has 2 rings (SSSR count). The summed E-state index contributed by atoms with van der Waals surface area (Å²) in [5, 5.41) is 3.42. The third-order valence-corrected chi connectivity index (χ3v) is 3.03. The molecule has 2 aromatic rings. The fourth-order valence-corrected chi connectivity index (χ4v) is 2.14. The maximum Gasteiger partial charge on any atom is 0.419 e. The standard InChI is InChI=1S/C10H9N3O2S2/c1-16-8-12-10(17-13-8)15-9(14)11-7-5-3-2-4-6-7/h2-6H,1H3,(H,11,14). The Balaban J connectivity index is 1.93. The number of aromatic nitrogens is 2. The van der Waals surface area contributed by atoms with Gasteiger partial charge in [-0.05, 0) is 18.4 Å². The van der Waals surface area contributed by atoms with Crippen molar-refractivity contribution in [3.05, 3.63) is 30.3 Å². The van der Waals surface area contributed by atoms with E-state index in [0.29, 0.717) is 10.8 Å². The highest BCUT2D eigenvalue weighted by Gasteiger charge is 2.09. The van der Waals surface area contributed by atoms with Crippen molar-refractivity contribution in [3.8, 4) is 5.19 Å². The number of hydrogen-bond acceptors (Lipinski definition) is 6. The van der Waals surface area contributed by atoms with Crippen molar-refractivity contribution in [2.24, 2.45) is 0 Å². The lowest BCUT2D eigenvalue weighted by Crippen LogP contribution is -2.16. The highest BCUT2D eigenvalue weighted by Crippen LogP contribution is 2.20. The smallest absolute Gasteiger partial charge is 0.380 e. The van der Waals surface area contributed by atoms with Gasteiger partial charge in [-0.1, -0.05) is 30.0 Å². The Hall–Kier alpha value is -1.60. The molecule has 0 aliphatic heterocycles. The predicted molar refractivity (Wildman–Crippen MR) is 67.8 cm³/mol. The molecule has 88 valence electrons. The molecule has 0 bridgehead atoms. The van der Waals surface area contributed by atoms with E-state index in [0.717, 1.165) is 11.5 Å². The number of ether oxygens (including phenoxy) is 1. The quantitative estimate of drug-likeness (QED) is 0.866. The van der Waals surface area contributed by atoms with E-state index in [4.69, 9.17) is 4.74 Å². The van der Waals surface area contributed by atoms with Crippen LogP contribution in [0.25, 0.3) is 0 Å². The van der Waals surface area contributed by atoms with E-state index in [9.17, 15) is 4.79 Å². The zero-order valence-corrected chi connectivity index (χ0v) is 10.5. The number of hydrogen-bond donors (Lipinski definition) is 1. The van der Waals surface area contributed by atoms with Gasteiger partial charge in [-0.15, -0.1) is 0 Å². The summed E-state index contributed by atoms with van der Waals surface area (Å²) in [4.78, 5) is 15.5. The number of nitrogens with one attached hydrogen (secondary N) is 1. The Bertz CT molecular complexity index is 501. The van der Waals surface area contributed by atoms with E-state index in [2.05, 4.69) is 14.7 Å². The van der Waals surface area contributed by atoms with Crippen molar-refractivity contribution in [1.82, 2.24) is 9.36 Å². The normalized spacial score (nSPS) is 9.94. The largest absolute Gasteiger partial charge is 0.419 e. The minimum atomic E-state index is -0.569. The molecule has 0 radical (unpaired) electrons. The number of anilines is 1. The van der Waals surface area contributed by atoms with Crippen molar-refractivity contribution in [1.29, 1.82) is 0 Å². The second-order valence-corrected chi connectivity index (χ2v) is 4.42. The number of carbonyl (C=O) groups is 1. The molecule has 1 amide bonds. The van der Waals surface area contributed by atoms with E-state index in [-0.39, 0.29) is 5.19 Å². The molecule has 0 spiro atoms. The molecule has 1 heterocycles. The first-order valence-corrected chi connectivity index (χ1v) is 6.69. The van der Waals surface area contributed by atoms with Gasteiger partial charge >= 0.3 is 11.3 Å². The van der Waals surface area contributed by atoms with E-state index in [1.807, 2.05) is 24.5 Å². The molecule has 7 heteroatoms. The maximum absolute atomic E-state index is 11.5. The first kappa shape index (κ1) is 11.9. The number of carbonyl (C=O) groups excluding carboxylic acids is 1. The van der Waals surface area contributed by atoms with Crippen LogP contribution in [0.1, 0.15) is 0 Å². The molecule has 0 saturated carbocycles. The molecule has 0 aliphatic carbocycles. The molecule has 0 fully saturated rings. The van der Waals surface area contributed by atoms with Crippen molar-refractivity contribution in [2.45, 2.75) is 5.16 Å². The fraction of sp³-hybridized carbons (Fsp3) is 0.100. The number of amides is 1. The molecule has 0 aliphatic rings. The zero-order chi connectivity index (χ0) is 12.1. The van der Waals surface area contributed by atoms with E-state index < -0.39 is 6.09 Å². The van der Waals surface area contributed by atoms with E-state index in [1.165, 1.54) is 11.8 Å². The van der Waals surface area contributed by atoms with Gasteiger partial charge in [-0.25, -0.2) is 4.79 Å². The summed E-state index contributed by atoms with van der Waals surface area (Å²) in [5.41, 5.74) is 0.673. The highest BCUT2D eigenvalue weighted by atomic mass is 32.2. The lowest BCUT2D eigenvalue weighted by Gasteiger charge is -2.02. The van der Waals surface area contributed by atoms with Crippen molar-refractivity contribution >= 4 is 35.1 Å². The summed E-state index contributed by atoms with van der Waals surface area (Å²) in [6.07, 6.45) is 1.29. The minimum absolute atomic E-state index is 0.239. The molecule has 1 N–H and O–H groups in total. The molecule has 0 unspecified atom stereocenters. The van der Waals surface area contributed by atoms with Crippen LogP contribution in [-0.4, -0.2) is 21.7 Å². The van der Waals surface area contributed by atoms with Crippen LogP contribution in [0.2, 0.25) is 0 Å². The number of thioether (sulfide) groups is 1. The van der Waals surface area contributed by atoms with Gasteiger partial charge in [-0.3, -0.25) is 5.32 Å². The first-order valence-electron chi connectivity index (χ1n) is 4.69. The number of rotatable bonds is 3. The van der Waals surface area contributed by atoms with E-state index >= 15 is 0 Å². The second-order valence-electron chi connectivity index (χ2n) is 2.93. The number of para-hydroxylation sites is 1. The van der Waals surface area contributed by atoms with Crippen LogP contribution in [0.3, 0.4) is 0 Å². The second kappa shape index (κ2) is 5.65. The van der Waals surface area contributed by atoms with Gasteiger partial charge in [0.15, 0.2) is 0 Å². The van der Waals surface area contributed by atoms with Crippen LogP contribution < -0.4 is 10.1 Å². The third-order valence-electron chi connectivity index (χ3n) is 1.77. The monoisotopic (exact) mass is 267 g/mol. The summed E-state index contributed by atoms with van der Waals surface area (Å²) in [6, 6.07) is 9.06. The van der Waals surface area contributed by atoms with Crippen LogP contribution in [-0.2, 0) is 0 Å². The lowest BCUT2D eigenvalue weighted by molar-refractivity contribution is 0.215. The maximum atomic E-state index is 11.5. The molecule has 17 heavy (non-hydrogen) atoms. The van der Waals surface area contributed by atoms with Crippen LogP contribution >= 0.6 is 23.3 Å². The third kappa shape index (κ3) is 3.43. The summed E-state index contributed by atoms with van der Waals surface area (Å²) in [7, 11) is 0. The molecule has 1 aromatic heterocycles. The van der Waals surface area contributed by atoms with Crippen molar-refractivity contribution < 1.29 is 9.53 Å². The lowest BCUT2D eigenvalue weighted by atomic mass is 10.3. The Morgan fingerprint density at radius 1 is 1.41 bits per heavy atom. The van der Waals surface area contributed by atoms with Gasteiger partial charge in [0.25, 0.3) is 0 Å². The first-order chi connectivity index (χ1) is 8.28. The summed E-state index contributed by atoms with van der Waals surface area (Å²) in [6.45, 7) is 0. The Labute approximate surface area is 106 Å². The van der Waals surface area contributed by atoms with Gasteiger partial charge in [0.05, 0.1) is 0 Å². The molecular formula is C10H9N3O2S2. The summed E-state index contributed by atoms with van der Waals surface area (Å²) in [5.74, 6) is 0. The van der Waals surface area contributed by atoms with Crippen LogP contribution in [0.5, 0.6) is 5.19 Å². The van der Waals surface area contributed by atoms with E-state index in [1.54, 1.807) is 12.1 Å². The molecule has 0 saturated heterocycles. The zero-order valence-electron chi connectivity index (χ0n) is 8.91. The van der Waals surface area contributed by atoms with Crippen molar-refractivity contribution in [3.63, 3.8) is 0 Å². The van der Waals surface area contributed by atoms with Crippen LogP contribution in [0.4, 0.5) is 10.5 Å². The topological polar surface area (TPSA) is 64.1 Å². The summed E-state index contributed by atoms with van der Waals surface area (Å²) < 4.78 is 8.97. The van der Waals surface area contributed by atoms with Crippen LogP contribution in [0, 0.1) is 0 Å². The van der Waals surface area contributed by atoms with Crippen LogP contribution in [0.15, 0.2) is 35.5 Å². The molecular weight excluding hydrogens is 258 g/mol. The highest BCUT2D eigenvalue weighted by molar-refractivity contribution is 7.98. The number of benzene rings is 1. The Morgan fingerprint density at radius 2 is 2.18 bits per heavy atom. The molecule has 1 aromatic carbocycles.